The van der Waals surface area contributed by atoms with Crippen molar-refractivity contribution in [1.82, 2.24) is 0 Å². The summed E-state index contributed by atoms with van der Waals surface area (Å²) in [6, 6.07) is 14.3. The van der Waals surface area contributed by atoms with Crippen LogP contribution in [-0.2, 0) is 6.54 Å². The van der Waals surface area contributed by atoms with E-state index in [1.54, 1.807) is 0 Å². The van der Waals surface area contributed by atoms with Gasteiger partial charge in [-0.05, 0) is 36.2 Å². The van der Waals surface area contributed by atoms with E-state index in [0.717, 1.165) is 28.9 Å². The SMILES string of the molecule is CCCOc1cc(N(C)Cc2ccc(Br)cc2)ccc1N. The third-order valence-electron chi connectivity index (χ3n) is 3.23. The maximum absolute atomic E-state index is 5.95. The Morgan fingerprint density at radius 1 is 1.14 bits per heavy atom. The lowest BCUT2D eigenvalue weighted by Crippen LogP contribution is -2.16. The van der Waals surface area contributed by atoms with Crippen LogP contribution in [0.4, 0.5) is 11.4 Å². The Morgan fingerprint density at radius 2 is 1.86 bits per heavy atom. The van der Waals surface area contributed by atoms with Crippen molar-refractivity contribution in [3.8, 4) is 5.75 Å². The van der Waals surface area contributed by atoms with Gasteiger partial charge in [0, 0.05) is 29.8 Å². The van der Waals surface area contributed by atoms with E-state index in [0.29, 0.717) is 12.3 Å². The van der Waals surface area contributed by atoms with Crippen LogP contribution in [0.25, 0.3) is 0 Å². The van der Waals surface area contributed by atoms with E-state index in [-0.39, 0.29) is 0 Å². The van der Waals surface area contributed by atoms with Crippen LogP contribution in [-0.4, -0.2) is 13.7 Å². The van der Waals surface area contributed by atoms with Crippen LogP contribution >= 0.6 is 15.9 Å². The molecule has 0 saturated heterocycles. The monoisotopic (exact) mass is 348 g/mol. The van der Waals surface area contributed by atoms with Crippen LogP contribution in [0, 0.1) is 0 Å². The molecule has 112 valence electrons. The number of anilines is 2. The average molecular weight is 349 g/mol. The minimum Gasteiger partial charge on any atom is -0.491 e. The normalized spacial score (nSPS) is 10.4. The Morgan fingerprint density at radius 3 is 2.52 bits per heavy atom. The van der Waals surface area contributed by atoms with Gasteiger partial charge in [-0.1, -0.05) is 35.0 Å². The summed E-state index contributed by atoms with van der Waals surface area (Å²) in [6.45, 7) is 3.61. The number of benzene rings is 2. The number of halogens is 1. The van der Waals surface area contributed by atoms with Gasteiger partial charge in [0.05, 0.1) is 12.3 Å². The van der Waals surface area contributed by atoms with Crippen molar-refractivity contribution >= 4 is 27.3 Å². The van der Waals surface area contributed by atoms with Crippen molar-refractivity contribution in [2.75, 3.05) is 24.3 Å². The van der Waals surface area contributed by atoms with Gasteiger partial charge in [0.1, 0.15) is 5.75 Å². The van der Waals surface area contributed by atoms with Gasteiger partial charge in [-0.15, -0.1) is 0 Å². The summed E-state index contributed by atoms with van der Waals surface area (Å²) in [7, 11) is 2.07. The second-order valence-electron chi connectivity index (χ2n) is 5.05. The molecule has 2 aromatic rings. The number of rotatable bonds is 6. The van der Waals surface area contributed by atoms with Crippen LogP contribution in [0.1, 0.15) is 18.9 Å². The molecule has 0 bridgehead atoms. The van der Waals surface area contributed by atoms with E-state index >= 15 is 0 Å². The third kappa shape index (κ3) is 4.39. The van der Waals surface area contributed by atoms with Crippen LogP contribution in [0.2, 0.25) is 0 Å². The molecule has 0 aliphatic heterocycles. The lowest BCUT2D eigenvalue weighted by molar-refractivity contribution is 0.319. The largest absolute Gasteiger partial charge is 0.491 e. The summed E-state index contributed by atoms with van der Waals surface area (Å²) in [4.78, 5) is 2.18. The van der Waals surface area contributed by atoms with E-state index in [2.05, 4.69) is 59.1 Å². The molecule has 2 aromatic carbocycles. The molecule has 4 heteroatoms. The standard InChI is InChI=1S/C17H21BrN2O/c1-3-10-21-17-11-15(8-9-16(17)19)20(2)12-13-4-6-14(18)7-5-13/h4-9,11H,3,10,12,19H2,1-2H3. The molecule has 0 amide bonds. The van der Waals surface area contributed by atoms with Gasteiger partial charge in [0.15, 0.2) is 0 Å². The Kier molecular flexibility index (Phi) is 5.51. The van der Waals surface area contributed by atoms with E-state index in [9.17, 15) is 0 Å². The highest BCUT2D eigenvalue weighted by atomic mass is 79.9. The van der Waals surface area contributed by atoms with Crippen molar-refractivity contribution in [2.24, 2.45) is 0 Å². The molecule has 0 spiro atoms. The lowest BCUT2D eigenvalue weighted by atomic mass is 10.2. The smallest absolute Gasteiger partial charge is 0.144 e. The number of ether oxygens (including phenoxy) is 1. The second-order valence-corrected chi connectivity index (χ2v) is 5.97. The maximum Gasteiger partial charge on any atom is 0.144 e. The fourth-order valence-corrected chi connectivity index (χ4v) is 2.32. The zero-order valence-corrected chi connectivity index (χ0v) is 14.1. The first-order valence-electron chi connectivity index (χ1n) is 7.08. The van der Waals surface area contributed by atoms with Gasteiger partial charge in [-0.2, -0.15) is 0 Å². The molecule has 0 heterocycles. The Balaban J connectivity index is 2.11. The van der Waals surface area contributed by atoms with E-state index in [1.165, 1.54) is 5.56 Å². The molecule has 0 aliphatic carbocycles. The maximum atomic E-state index is 5.95. The van der Waals surface area contributed by atoms with Gasteiger partial charge < -0.3 is 15.4 Å². The number of nitrogens with two attached hydrogens (primary N) is 1. The summed E-state index contributed by atoms with van der Waals surface area (Å²) in [5.41, 5.74) is 8.99. The topological polar surface area (TPSA) is 38.5 Å². The third-order valence-corrected chi connectivity index (χ3v) is 3.76. The molecular formula is C17H21BrN2O. The first kappa shape index (κ1) is 15.7. The first-order valence-corrected chi connectivity index (χ1v) is 7.87. The lowest BCUT2D eigenvalue weighted by Gasteiger charge is -2.21. The van der Waals surface area contributed by atoms with Crippen LogP contribution < -0.4 is 15.4 Å². The second kappa shape index (κ2) is 7.36. The first-order chi connectivity index (χ1) is 10.1. The van der Waals surface area contributed by atoms with E-state index < -0.39 is 0 Å². The summed E-state index contributed by atoms with van der Waals surface area (Å²) in [5, 5.41) is 0. The van der Waals surface area contributed by atoms with Gasteiger partial charge in [-0.25, -0.2) is 0 Å². The van der Waals surface area contributed by atoms with Crippen molar-refractivity contribution in [3.05, 3.63) is 52.5 Å². The van der Waals surface area contributed by atoms with Gasteiger partial charge >= 0.3 is 0 Å². The van der Waals surface area contributed by atoms with E-state index in [1.807, 2.05) is 18.2 Å². The Hall–Kier alpha value is -1.68. The molecule has 2 N–H and O–H groups in total. The summed E-state index contributed by atoms with van der Waals surface area (Å²) < 4.78 is 6.78. The van der Waals surface area contributed by atoms with Crippen molar-refractivity contribution < 1.29 is 4.74 Å². The van der Waals surface area contributed by atoms with Crippen LogP contribution in [0.3, 0.4) is 0 Å². The van der Waals surface area contributed by atoms with Crippen LogP contribution in [0.5, 0.6) is 5.75 Å². The van der Waals surface area contributed by atoms with Gasteiger partial charge in [-0.3, -0.25) is 0 Å². The van der Waals surface area contributed by atoms with Crippen molar-refractivity contribution in [3.63, 3.8) is 0 Å². The number of hydrogen-bond acceptors (Lipinski definition) is 3. The molecule has 3 nitrogen and oxygen atoms in total. The van der Waals surface area contributed by atoms with Crippen molar-refractivity contribution in [2.45, 2.75) is 19.9 Å². The molecule has 0 aromatic heterocycles. The number of hydrogen-bond donors (Lipinski definition) is 1. The zero-order chi connectivity index (χ0) is 15.2. The molecule has 0 atom stereocenters. The predicted octanol–water partition coefficient (Wildman–Crippen LogP) is 4.46. The molecule has 21 heavy (non-hydrogen) atoms. The minimum absolute atomic E-state index is 0.684. The zero-order valence-electron chi connectivity index (χ0n) is 12.5. The van der Waals surface area contributed by atoms with E-state index in [4.69, 9.17) is 10.5 Å². The molecule has 0 radical (unpaired) electrons. The highest BCUT2D eigenvalue weighted by Gasteiger charge is 2.07. The highest BCUT2D eigenvalue weighted by molar-refractivity contribution is 9.10. The number of nitrogen functional groups attached to an aromatic ring is 1. The molecular weight excluding hydrogens is 328 g/mol. The summed E-state index contributed by atoms with van der Waals surface area (Å²) in [5.74, 6) is 0.761. The molecule has 0 aliphatic rings. The van der Waals surface area contributed by atoms with Gasteiger partial charge in [0.2, 0.25) is 0 Å². The Bertz CT molecular complexity index is 584. The fourth-order valence-electron chi connectivity index (χ4n) is 2.05. The number of nitrogens with zero attached hydrogens (tertiary/aromatic N) is 1. The average Bonchev–Trinajstić information content (AvgIpc) is 2.48. The van der Waals surface area contributed by atoms with Crippen LogP contribution in [0.15, 0.2) is 46.9 Å². The highest BCUT2D eigenvalue weighted by Crippen LogP contribution is 2.28. The van der Waals surface area contributed by atoms with Gasteiger partial charge in [0.25, 0.3) is 0 Å². The minimum atomic E-state index is 0.684. The summed E-state index contributed by atoms with van der Waals surface area (Å²) >= 11 is 3.45. The van der Waals surface area contributed by atoms with Crippen molar-refractivity contribution in [1.29, 1.82) is 0 Å². The predicted molar refractivity (Wildman–Crippen MR) is 92.9 cm³/mol. The summed E-state index contributed by atoms with van der Waals surface area (Å²) in [6.07, 6.45) is 0.971. The quantitative estimate of drug-likeness (QED) is 0.783. The fraction of sp³-hybridized carbons (Fsp3) is 0.294. The Labute approximate surface area is 134 Å². The molecule has 0 fully saturated rings. The molecule has 0 saturated carbocycles. The molecule has 2 rings (SSSR count). The molecule has 0 unspecified atom stereocenters.